The van der Waals surface area contributed by atoms with Crippen molar-refractivity contribution >= 4 is 52.1 Å². The number of ketones is 1. The maximum atomic E-state index is 14.1. The standard InChI is InChI=1S/C41H36N3O3.BrH/c1-42(2)35-19-11-29(12-20-35)9-10-30-23-25-44(26-24-30)38(27-31-13-21-36(22-14-31)43(3)4)40(45)33-17-15-32(16-18-33)37-28-34-7-5-6-8-39(34)47-41(37)46;/h5-28H,1-4H3;1H/q+1;/p-1. The molecular formula is C41H36BrN3O3. The highest BCUT2D eigenvalue weighted by Crippen LogP contribution is 2.23. The number of benzene rings is 4. The first kappa shape index (κ1) is 33.8. The zero-order valence-electron chi connectivity index (χ0n) is 27.3. The van der Waals surface area contributed by atoms with Crippen LogP contribution in [0.4, 0.5) is 11.4 Å². The van der Waals surface area contributed by atoms with E-state index >= 15 is 0 Å². The molecule has 0 spiro atoms. The summed E-state index contributed by atoms with van der Waals surface area (Å²) in [5, 5.41) is 0.838. The van der Waals surface area contributed by atoms with Gasteiger partial charge in [0.1, 0.15) is 5.58 Å². The number of nitrogens with zero attached hydrogens (tertiary/aromatic N) is 3. The van der Waals surface area contributed by atoms with E-state index < -0.39 is 5.63 Å². The van der Waals surface area contributed by atoms with Crippen molar-refractivity contribution in [3.05, 3.63) is 160 Å². The summed E-state index contributed by atoms with van der Waals surface area (Å²) in [5.74, 6) is -0.145. The van der Waals surface area contributed by atoms with Crippen LogP contribution in [0.15, 0.2) is 137 Å². The smallest absolute Gasteiger partial charge is 0.344 e. The molecule has 0 aliphatic rings. The number of para-hydroxylation sites is 1. The zero-order chi connectivity index (χ0) is 32.9. The summed E-state index contributed by atoms with van der Waals surface area (Å²) >= 11 is 0. The van der Waals surface area contributed by atoms with Crippen LogP contribution < -0.4 is 37.0 Å². The van der Waals surface area contributed by atoms with Crippen LogP contribution in [0.5, 0.6) is 0 Å². The minimum Gasteiger partial charge on any atom is -1.00 e. The van der Waals surface area contributed by atoms with Crippen molar-refractivity contribution in [3.63, 3.8) is 0 Å². The van der Waals surface area contributed by atoms with E-state index in [0.717, 1.165) is 33.5 Å². The SMILES string of the molecule is CN(C)c1ccc(C=Cc2cc[n+](C(=Cc3ccc(N(C)C)cc3)C(=O)c3ccc(-c4cc5ccccc5oc4=O)cc3)cc2)cc1.[Br-]. The normalized spacial score (nSPS) is 11.4. The Morgan fingerprint density at radius 2 is 1.21 bits per heavy atom. The van der Waals surface area contributed by atoms with E-state index in [4.69, 9.17) is 4.42 Å². The number of pyridine rings is 1. The number of allylic oxidation sites excluding steroid dienone is 1. The quantitative estimate of drug-likeness (QED) is 0.0929. The summed E-state index contributed by atoms with van der Waals surface area (Å²) in [5.41, 5.74) is 7.51. The molecule has 2 aromatic heterocycles. The number of hydrogen-bond donors (Lipinski definition) is 0. The van der Waals surface area contributed by atoms with Gasteiger partial charge >= 0.3 is 5.63 Å². The van der Waals surface area contributed by atoms with Gasteiger partial charge in [-0.15, -0.1) is 0 Å². The van der Waals surface area contributed by atoms with Crippen LogP contribution in [0.1, 0.15) is 27.0 Å². The fraction of sp³-hybridized carbons (Fsp3) is 0.0976. The van der Waals surface area contributed by atoms with E-state index in [-0.39, 0.29) is 22.8 Å². The lowest BCUT2D eigenvalue weighted by Crippen LogP contribution is -3.00. The van der Waals surface area contributed by atoms with Crippen LogP contribution in [-0.2, 0) is 0 Å². The molecule has 0 aliphatic carbocycles. The fourth-order valence-corrected chi connectivity index (χ4v) is 5.28. The van der Waals surface area contributed by atoms with Gasteiger partial charge in [0.05, 0.1) is 5.56 Å². The molecule has 0 fully saturated rings. The monoisotopic (exact) mass is 697 g/mol. The topological polar surface area (TPSA) is 57.6 Å². The number of rotatable bonds is 9. The summed E-state index contributed by atoms with van der Waals surface area (Å²) in [6, 6.07) is 36.8. The molecule has 0 saturated heterocycles. The van der Waals surface area contributed by atoms with E-state index in [1.807, 2.05) is 117 Å². The van der Waals surface area contributed by atoms with Gasteiger partial charge in [-0.25, -0.2) is 4.79 Å². The van der Waals surface area contributed by atoms with Gasteiger partial charge in [0.2, 0.25) is 0 Å². The molecule has 0 atom stereocenters. The second-order valence-corrected chi connectivity index (χ2v) is 11.8. The third-order valence-electron chi connectivity index (χ3n) is 8.06. The summed E-state index contributed by atoms with van der Waals surface area (Å²) in [4.78, 5) is 31.0. The predicted molar refractivity (Wildman–Crippen MR) is 194 cm³/mol. The number of carbonyl (C=O) groups is 1. The summed E-state index contributed by atoms with van der Waals surface area (Å²) in [6.45, 7) is 0. The lowest BCUT2D eigenvalue weighted by atomic mass is 10.0. The first-order valence-corrected chi connectivity index (χ1v) is 15.4. The molecule has 0 radical (unpaired) electrons. The van der Waals surface area contributed by atoms with E-state index in [0.29, 0.717) is 28.0 Å². The molecule has 4 aromatic carbocycles. The lowest BCUT2D eigenvalue weighted by Gasteiger charge is -2.12. The number of anilines is 2. The first-order valence-electron chi connectivity index (χ1n) is 15.4. The highest BCUT2D eigenvalue weighted by molar-refractivity contribution is 6.25. The molecule has 6 aromatic rings. The van der Waals surface area contributed by atoms with Crippen molar-refractivity contribution in [3.8, 4) is 11.1 Å². The Bertz CT molecular complexity index is 2150. The molecule has 48 heavy (non-hydrogen) atoms. The molecule has 7 heteroatoms. The van der Waals surface area contributed by atoms with Crippen molar-refractivity contribution in [1.82, 2.24) is 0 Å². The minimum absolute atomic E-state index is 0. The molecule has 0 N–H and O–H groups in total. The Morgan fingerprint density at radius 3 is 1.79 bits per heavy atom. The fourth-order valence-electron chi connectivity index (χ4n) is 5.28. The number of carbonyl (C=O) groups excluding carboxylic acids is 1. The molecule has 2 heterocycles. The summed E-state index contributed by atoms with van der Waals surface area (Å²) in [7, 11) is 8.04. The number of aromatic nitrogens is 1. The Labute approximate surface area is 291 Å². The highest BCUT2D eigenvalue weighted by Gasteiger charge is 2.22. The van der Waals surface area contributed by atoms with Crippen molar-refractivity contribution in [1.29, 1.82) is 0 Å². The van der Waals surface area contributed by atoms with Crippen LogP contribution in [0, 0.1) is 0 Å². The van der Waals surface area contributed by atoms with Gasteiger partial charge in [0.25, 0.3) is 11.5 Å². The maximum absolute atomic E-state index is 14.1. The first-order chi connectivity index (χ1) is 22.7. The predicted octanol–water partition coefficient (Wildman–Crippen LogP) is 4.93. The van der Waals surface area contributed by atoms with E-state index in [9.17, 15) is 9.59 Å². The summed E-state index contributed by atoms with van der Waals surface area (Å²) < 4.78 is 7.38. The van der Waals surface area contributed by atoms with Gasteiger partial charge < -0.3 is 31.2 Å². The minimum atomic E-state index is -0.417. The molecule has 240 valence electrons. The molecule has 0 bridgehead atoms. The van der Waals surface area contributed by atoms with Gasteiger partial charge in [-0.1, -0.05) is 78.9 Å². The highest BCUT2D eigenvalue weighted by atomic mass is 79.9. The van der Waals surface area contributed by atoms with Crippen molar-refractivity contribution < 1.29 is 30.8 Å². The van der Waals surface area contributed by atoms with Crippen molar-refractivity contribution in [2.45, 2.75) is 0 Å². The Morgan fingerprint density at radius 1 is 0.667 bits per heavy atom. The van der Waals surface area contributed by atoms with Crippen LogP contribution in [0.25, 0.3) is 46.0 Å². The molecule has 0 saturated carbocycles. The molecular weight excluding hydrogens is 662 g/mol. The Balaban J connectivity index is 0.00000451. The molecule has 6 nitrogen and oxygen atoms in total. The van der Waals surface area contributed by atoms with Gasteiger partial charge in [-0.2, -0.15) is 4.57 Å². The number of halogens is 1. The van der Waals surface area contributed by atoms with E-state index in [1.54, 1.807) is 30.3 Å². The van der Waals surface area contributed by atoms with Gasteiger partial charge in [-0.3, -0.25) is 4.79 Å². The second-order valence-electron chi connectivity index (χ2n) is 11.8. The van der Waals surface area contributed by atoms with Crippen LogP contribution >= 0.6 is 0 Å². The average Bonchev–Trinajstić information content (AvgIpc) is 3.10. The number of Topliss-reactive ketones (excluding diaryl/α,β-unsaturated/α-hetero) is 1. The number of fused-ring (bicyclic) bond motifs is 1. The second kappa shape index (κ2) is 14.9. The molecule has 0 unspecified atom stereocenters. The Kier molecular flexibility index (Phi) is 10.5. The summed E-state index contributed by atoms with van der Waals surface area (Å²) in [6.07, 6.45) is 9.84. The third kappa shape index (κ3) is 7.70. The van der Waals surface area contributed by atoms with Crippen molar-refractivity contribution in [2.24, 2.45) is 0 Å². The van der Waals surface area contributed by atoms with E-state index in [2.05, 4.69) is 41.3 Å². The van der Waals surface area contributed by atoms with Crippen LogP contribution in [-0.4, -0.2) is 34.0 Å². The van der Waals surface area contributed by atoms with Gasteiger partial charge in [0.15, 0.2) is 12.4 Å². The van der Waals surface area contributed by atoms with Crippen LogP contribution in [0.3, 0.4) is 0 Å². The molecule has 0 aliphatic heterocycles. The van der Waals surface area contributed by atoms with Gasteiger partial charge in [0, 0.05) is 68.7 Å². The average molecular weight is 699 g/mol. The zero-order valence-corrected chi connectivity index (χ0v) is 28.9. The van der Waals surface area contributed by atoms with Crippen molar-refractivity contribution in [2.75, 3.05) is 38.0 Å². The van der Waals surface area contributed by atoms with E-state index in [1.165, 1.54) is 0 Å². The molecule has 6 rings (SSSR count). The molecule has 0 amide bonds. The Hall–Kier alpha value is -5.53. The maximum Gasteiger partial charge on any atom is 0.344 e. The third-order valence-corrected chi connectivity index (χ3v) is 8.06. The lowest BCUT2D eigenvalue weighted by molar-refractivity contribution is -0.575. The van der Waals surface area contributed by atoms with Gasteiger partial charge in [-0.05, 0) is 58.7 Å². The number of hydrogen-bond acceptors (Lipinski definition) is 5. The largest absolute Gasteiger partial charge is 1.00 e. The van der Waals surface area contributed by atoms with Crippen LogP contribution in [0.2, 0.25) is 0 Å².